The number of aromatic nitrogens is 1. The van der Waals surface area contributed by atoms with Crippen LogP contribution < -0.4 is 5.32 Å². The molecule has 1 aromatic heterocycles. The summed E-state index contributed by atoms with van der Waals surface area (Å²) in [4.78, 5) is 26.9. The Bertz CT molecular complexity index is 1090. The number of nitrogens with one attached hydrogen (secondary N) is 1. The number of halogens is 1. The molecule has 1 saturated heterocycles. The Hall–Kier alpha value is -3.48. The number of piperidine rings is 1. The van der Waals surface area contributed by atoms with Crippen LogP contribution in [0.25, 0.3) is 0 Å². The van der Waals surface area contributed by atoms with Gasteiger partial charge in [0.25, 0.3) is 5.91 Å². The number of hydrogen-bond donors (Lipinski definition) is 1. The van der Waals surface area contributed by atoms with E-state index in [1.54, 1.807) is 18.2 Å². The second-order valence-electron chi connectivity index (χ2n) is 8.18. The summed E-state index contributed by atoms with van der Waals surface area (Å²) < 4.78 is 18.2. The smallest absolute Gasteiger partial charge is 0.290 e. The third-order valence-electron chi connectivity index (χ3n) is 5.99. The van der Waals surface area contributed by atoms with E-state index >= 15 is 0 Å². The van der Waals surface area contributed by atoms with Gasteiger partial charge in [0.2, 0.25) is 11.7 Å². The van der Waals surface area contributed by atoms with E-state index in [4.69, 9.17) is 4.52 Å². The fraction of sp³-hybridized carbons (Fsp3) is 0.320. The Balaban J connectivity index is 1.28. The molecule has 0 atom stereocenters. The largest absolute Gasteiger partial charge is 0.351 e. The Kier molecular flexibility index (Phi) is 6.63. The van der Waals surface area contributed by atoms with Crippen LogP contribution in [0.1, 0.15) is 51.7 Å². The summed E-state index contributed by atoms with van der Waals surface area (Å²) in [7, 11) is 0. The zero-order valence-electron chi connectivity index (χ0n) is 18.0. The standard InChI is InChI=1S/C25H26FN3O3/c1-17-4-2-3-5-20(17)14-24(30)29-12-10-19(11-13-29)22-15-23(32-28-22)25(31)27-16-18-6-8-21(26)9-7-18/h2-9,15,19H,10-14,16H2,1H3,(H,27,31). The molecule has 7 heteroatoms. The molecule has 2 heterocycles. The maximum atomic E-state index is 13.0. The summed E-state index contributed by atoms with van der Waals surface area (Å²) >= 11 is 0. The first kappa shape index (κ1) is 21.7. The average molecular weight is 435 g/mol. The van der Waals surface area contributed by atoms with Gasteiger partial charge in [-0.1, -0.05) is 41.6 Å². The van der Waals surface area contributed by atoms with Gasteiger partial charge in [0, 0.05) is 31.6 Å². The van der Waals surface area contributed by atoms with Crippen LogP contribution in [0.5, 0.6) is 0 Å². The molecule has 4 rings (SSSR count). The van der Waals surface area contributed by atoms with Gasteiger partial charge in [-0.05, 0) is 48.6 Å². The van der Waals surface area contributed by atoms with E-state index < -0.39 is 0 Å². The van der Waals surface area contributed by atoms with E-state index in [-0.39, 0.29) is 35.9 Å². The van der Waals surface area contributed by atoms with E-state index in [9.17, 15) is 14.0 Å². The first-order chi connectivity index (χ1) is 15.5. The molecule has 2 amide bonds. The highest BCUT2D eigenvalue weighted by Crippen LogP contribution is 2.28. The summed E-state index contributed by atoms with van der Waals surface area (Å²) in [6.45, 7) is 3.62. The molecular weight excluding hydrogens is 409 g/mol. The van der Waals surface area contributed by atoms with Crippen molar-refractivity contribution in [2.45, 2.75) is 38.6 Å². The van der Waals surface area contributed by atoms with E-state index in [2.05, 4.69) is 10.5 Å². The maximum Gasteiger partial charge on any atom is 0.290 e. The highest BCUT2D eigenvalue weighted by atomic mass is 19.1. The minimum absolute atomic E-state index is 0.138. The van der Waals surface area contributed by atoms with Crippen LogP contribution in [-0.4, -0.2) is 35.0 Å². The summed E-state index contributed by atoms with van der Waals surface area (Å²) in [5, 5.41) is 6.84. The van der Waals surface area contributed by atoms with Crippen LogP contribution in [0.2, 0.25) is 0 Å². The number of likely N-dealkylation sites (tertiary alicyclic amines) is 1. The Morgan fingerprint density at radius 2 is 1.84 bits per heavy atom. The second kappa shape index (κ2) is 9.77. The molecule has 1 aliphatic heterocycles. The molecule has 0 aliphatic carbocycles. The van der Waals surface area contributed by atoms with Gasteiger partial charge in [0.05, 0.1) is 12.1 Å². The van der Waals surface area contributed by atoms with Crippen LogP contribution in [-0.2, 0) is 17.8 Å². The first-order valence-electron chi connectivity index (χ1n) is 10.8. The summed E-state index contributed by atoms with van der Waals surface area (Å²) in [5.74, 6) is -0.236. The number of benzene rings is 2. The van der Waals surface area contributed by atoms with Crippen molar-refractivity contribution in [2.24, 2.45) is 0 Å². The minimum atomic E-state index is -0.362. The molecule has 0 spiro atoms. The second-order valence-corrected chi connectivity index (χ2v) is 8.18. The first-order valence-corrected chi connectivity index (χ1v) is 10.8. The molecule has 1 aliphatic rings. The van der Waals surface area contributed by atoms with Crippen LogP contribution in [0, 0.1) is 12.7 Å². The normalized spacial score (nSPS) is 14.4. The lowest BCUT2D eigenvalue weighted by Gasteiger charge is -2.31. The number of amides is 2. The number of nitrogens with zero attached hydrogens (tertiary/aromatic N) is 2. The summed E-state index contributed by atoms with van der Waals surface area (Å²) in [6, 6.07) is 15.6. The van der Waals surface area contributed by atoms with Gasteiger partial charge >= 0.3 is 0 Å². The third kappa shape index (κ3) is 5.22. The Labute approximate surface area is 186 Å². The predicted octanol–water partition coefficient (Wildman–Crippen LogP) is 4.00. The fourth-order valence-electron chi connectivity index (χ4n) is 3.97. The molecular formula is C25H26FN3O3. The van der Waals surface area contributed by atoms with Crippen molar-refractivity contribution >= 4 is 11.8 Å². The maximum absolute atomic E-state index is 13.0. The van der Waals surface area contributed by atoms with Crippen molar-refractivity contribution in [2.75, 3.05) is 13.1 Å². The molecule has 1 fully saturated rings. The zero-order valence-corrected chi connectivity index (χ0v) is 18.0. The van der Waals surface area contributed by atoms with Crippen molar-refractivity contribution in [3.63, 3.8) is 0 Å². The molecule has 3 aromatic rings. The van der Waals surface area contributed by atoms with Crippen LogP contribution >= 0.6 is 0 Å². The van der Waals surface area contributed by atoms with Crippen molar-refractivity contribution in [3.05, 3.63) is 88.6 Å². The molecule has 0 saturated carbocycles. The van der Waals surface area contributed by atoms with Crippen molar-refractivity contribution < 1.29 is 18.5 Å². The molecule has 0 bridgehead atoms. The number of hydrogen-bond acceptors (Lipinski definition) is 4. The van der Waals surface area contributed by atoms with E-state index in [1.165, 1.54) is 12.1 Å². The topological polar surface area (TPSA) is 75.4 Å². The molecule has 32 heavy (non-hydrogen) atoms. The SMILES string of the molecule is Cc1ccccc1CC(=O)N1CCC(c2cc(C(=O)NCc3ccc(F)cc3)on2)CC1. The van der Waals surface area contributed by atoms with Gasteiger partial charge in [0.15, 0.2) is 0 Å². The summed E-state index contributed by atoms with van der Waals surface area (Å²) in [6.07, 6.45) is 1.98. The fourth-order valence-corrected chi connectivity index (χ4v) is 3.97. The molecule has 6 nitrogen and oxygen atoms in total. The number of carbonyl (C=O) groups is 2. The Morgan fingerprint density at radius 3 is 2.56 bits per heavy atom. The van der Waals surface area contributed by atoms with Gasteiger partial charge in [-0.3, -0.25) is 9.59 Å². The predicted molar refractivity (Wildman–Crippen MR) is 118 cm³/mol. The van der Waals surface area contributed by atoms with E-state index in [0.29, 0.717) is 19.5 Å². The summed E-state index contributed by atoms with van der Waals surface area (Å²) in [5.41, 5.74) is 3.72. The lowest BCUT2D eigenvalue weighted by Crippen LogP contribution is -2.38. The van der Waals surface area contributed by atoms with Gasteiger partial charge in [0.1, 0.15) is 5.82 Å². The van der Waals surface area contributed by atoms with Gasteiger partial charge in [-0.25, -0.2) is 4.39 Å². The van der Waals surface area contributed by atoms with E-state index in [0.717, 1.165) is 35.2 Å². The monoisotopic (exact) mass is 435 g/mol. The van der Waals surface area contributed by atoms with Crippen molar-refractivity contribution in [1.29, 1.82) is 0 Å². The molecule has 166 valence electrons. The number of aryl methyl sites for hydroxylation is 1. The van der Waals surface area contributed by atoms with E-state index in [1.807, 2.05) is 36.1 Å². The molecule has 1 N–H and O–H groups in total. The highest BCUT2D eigenvalue weighted by molar-refractivity contribution is 5.91. The van der Waals surface area contributed by atoms with Crippen LogP contribution in [0.4, 0.5) is 4.39 Å². The third-order valence-corrected chi connectivity index (χ3v) is 5.99. The van der Waals surface area contributed by atoms with Gasteiger partial charge in [-0.15, -0.1) is 0 Å². The number of carbonyl (C=O) groups excluding carboxylic acids is 2. The lowest BCUT2D eigenvalue weighted by atomic mass is 9.93. The highest BCUT2D eigenvalue weighted by Gasteiger charge is 2.27. The van der Waals surface area contributed by atoms with Crippen LogP contribution in [0.15, 0.2) is 59.1 Å². The molecule has 0 radical (unpaired) electrons. The van der Waals surface area contributed by atoms with Crippen molar-refractivity contribution in [3.8, 4) is 0 Å². The Morgan fingerprint density at radius 1 is 1.12 bits per heavy atom. The minimum Gasteiger partial charge on any atom is -0.351 e. The molecule has 2 aromatic carbocycles. The zero-order chi connectivity index (χ0) is 22.5. The van der Waals surface area contributed by atoms with Gasteiger partial charge in [-0.2, -0.15) is 0 Å². The van der Waals surface area contributed by atoms with Crippen LogP contribution in [0.3, 0.4) is 0 Å². The number of rotatable bonds is 6. The average Bonchev–Trinajstić information content (AvgIpc) is 3.30. The van der Waals surface area contributed by atoms with Gasteiger partial charge < -0.3 is 14.7 Å². The quantitative estimate of drug-likeness (QED) is 0.635. The van der Waals surface area contributed by atoms with Crippen molar-refractivity contribution in [1.82, 2.24) is 15.4 Å². The lowest BCUT2D eigenvalue weighted by molar-refractivity contribution is -0.131. The molecule has 0 unspecified atom stereocenters.